The fraction of sp³-hybridized carbons (Fsp3) is 0.235. The van der Waals surface area contributed by atoms with Gasteiger partial charge in [-0.25, -0.2) is 9.37 Å². The summed E-state index contributed by atoms with van der Waals surface area (Å²) >= 11 is 0. The molecule has 0 N–H and O–H groups in total. The number of fused-ring (bicyclic) bond motifs is 1. The summed E-state index contributed by atoms with van der Waals surface area (Å²) in [6.45, 7) is 5.42. The summed E-state index contributed by atoms with van der Waals surface area (Å²) < 4.78 is 20.9. The van der Waals surface area contributed by atoms with Crippen LogP contribution in [0.25, 0.3) is 10.9 Å². The number of nitrogens with zero attached hydrogens (tertiary/aromatic N) is 2. The molecule has 108 valence electrons. The second kappa shape index (κ2) is 5.56. The lowest BCUT2D eigenvalue weighted by molar-refractivity contribution is 0.296. The van der Waals surface area contributed by atoms with Crippen LogP contribution in [0.5, 0.6) is 5.88 Å². The molecular weight excluding hydrogens is 267 g/mol. The van der Waals surface area contributed by atoms with Gasteiger partial charge in [0.15, 0.2) is 0 Å². The van der Waals surface area contributed by atoms with Crippen molar-refractivity contribution in [1.82, 2.24) is 9.55 Å². The molecule has 0 unspecified atom stereocenters. The molecule has 0 aliphatic rings. The fourth-order valence-electron chi connectivity index (χ4n) is 2.56. The van der Waals surface area contributed by atoms with Crippen molar-refractivity contribution in [2.45, 2.75) is 27.0 Å². The molecule has 0 radical (unpaired) electrons. The van der Waals surface area contributed by atoms with E-state index in [1.807, 2.05) is 6.07 Å². The van der Waals surface area contributed by atoms with E-state index in [0.717, 1.165) is 23.0 Å². The highest BCUT2D eigenvalue weighted by Crippen LogP contribution is 2.27. The van der Waals surface area contributed by atoms with Gasteiger partial charge in [-0.1, -0.05) is 12.1 Å². The Labute approximate surface area is 123 Å². The summed E-state index contributed by atoms with van der Waals surface area (Å²) in [4.78, 5) is 4.34. The first kappa shape index (κ1) is 13.6. The Bertz CT molecular complexity index is 762. The van der Waals surface area contributed by atoms with E-state index in [4.69, 9.17) is 4.74 Å². The molecule has 0 spiro atoms. The zero-order valence-corrected chi connectivity index (χ0v) is 12.1. The number of rotatable bonds is 4. The normalized spacial score (nSPS) is 11.0. The zero-order valence-electron chi connectivity index (χ0n) is 12.1. The Morgan fingerprint density at radius 1 is 1.19 bits per heavy atom. The van der Waals surface area contributed by atoms with E-state index in [0.29, 0.717) is 12.5 Å². The van der Waals surface area contributed by atoms with Crippen molar-refractivity contribution >= 4 is 10.9 Å². The van der Waals surface area contributed by atoms with E-state index in [-0.39, 0.29) is 5.82 Å². The van der Waals surface area contributed by atoms with Crippen molar-refractivity contribution in [2.24, 2.45) is 0 Å². The second-order valence-corrected chi connectivity index (χ2v) is 5.00. The zero-order chi connectivity index (χ0) is 14.8. The lowest BCUT2D eigenvalue weighted by Gasteiger charge is -2.10. The molecular formula is C17H17FN2O. The third-order valence-electron chi connectivity index (χ3n) is 3.59. The van der Waals surface area contributed by atoms with Gasteiger partial charge in [0, 0.05) is 23.8 Å². The van der Waals surface area contributed by atoms with E-state index in [2.05, 4.69) is 29.5 Å². The van der Waals surface area contributed by atoms with E-state index in [9.17, 15) is 4.39 Å². The Kier molecular flexibility index (Phi) is 3.60. The summed E-state index contributed by atoms with van der Waals surface area (Å²) in [5, 5.41) is 1.12. The van der Waals surface area contributed by atoms with Gasteiger partial charge < -0.3 is 9.30 Å². The standard InChI is InChI=1S/C17H17FN2O/c1-3-20-12(2)10-14-8-9-19-17(16(14)20)21-11-13-4-6-15(18)7-5-13/h4-10H,3,11H2,1-2H3. The van der Waals surface area contributed by atoms with E-state index >= 15 is 0 Å². The fourth-order valence-corrected chi connectivity index (χ4v) is 2.56. The highest BCUT2D eigenvalue weighted by atomic mass is 19.1. The van der Waals surface area contributed by atoms with Gasteiger partial charge in [0.1, 0.15) is 17.9 Å². The third-order valence-corrected chi connectivity index (χ3v) is 3.59. The van der Waals surface area contributed by atoms with Gasteiger partial charge in [0.2, 0.25) is 5.88 Å². The predicted molar refractivity (Wildman–Crippen MR) is 80.9 cm³/mol. The maximum Gasteiger partial charge on any atom is 0.238 e. The first-order valence-corrected chi connectivity index (χ1v) is 7.01. The molecule has 3 nitrogen and oxygen atoms in total. The van der Waals surface area contributed by atoms with Crippen LogP contribution in [-0.4, -0.2) is 9.55 Å². The molecule has 0 saturated heterocycles. The lowest BCUT2D eigenvalue weighted by atomic mass is 10.2. The van der Waals surface area contributed by atoms with Crippen molar-refractivity contribution in [3.05, 3.63) is 59.7 Å². The van der Waals surface area contributed by atoms with Gasteiger partial charge in [0.25, 0.3) is 0 Å². The number of benzene rings is 1. The van der Waals surface area contributed by atoms with Crippen molar-refractivity contribution in [3.8, 4) is 5.88 Å². The summed E-state index contributed by atoms with van der Waals surface area (Å²) in [5.74, 6) is 0.376. The molecule has 0 aliphatic heterocycles. The maximum atomic E-state index is 12.9. The van der Waals surface area contributed by atoms with Gasteiger partial charge in [-0.05, 0) is 43.7 Å². The second-order valence-electron chi connectivity index (χ2n) is 5.00. The number of aryl methyl sites for hydroxylation is 2. The first-order valence-electron chi connectivity index (χ1n) is 7.01. The maximum absolute atomic E-state index is 12.9. The Hall–Kier alpha value is -2.36. The number of hydrogen-bond donors (Lipinski definition) is 0. The van der Waals surface area contributed by atoms with E-state index in [1.165, 1.54) is 17.8 Å². The van der Waals surface area contributed by atoms with Crippen LogP contribution in [0.3, 0.4) is 0 Å². The molecule has 0 amide bonds. The van der Waals surface area contributed by atoms with Gasteiger partial charge in [0.05, 0.1) is 0 Å². The largest absolute Gasteiger partial charge is 0.471 e. The monoisotopic (exact) mass is 284 g/mol. The van der Waals surface area contributed by atoms with Crippen LogP contribution in [0.2, 0.25) is 0 Å². The van der Waals surface area contributed by atoms with Crippen molar-refractivity contribution in [2.75, 3.05) is 0 Å². The van der Waals surface area contributed by atoms with Crippen LogP contribution in [0.1, 0.15) is 18.2 Å². The van der Waals surface area contributed by atoms with Gasteiger partial charge in [-0.15, -0.1) is 0 Å². The minimum atomic E-state index is -0.241. The quantitative estimate of drug-likeness (QED) is 0.721. The van der Waals surface area contributed by atoms with Crippen molar-refractivity contribution in [3.63, 3.8) is 0 Å². The molecule has 4 heteroatoms. The van der Waals surface area contributed by atoms with E-state index in [1.54, 1.807) is 18.3 Å². The Morgan fingerprint density at radius 3 is 2.67 bits per heavy atom. The molecule has 3 aromatic rings. The molecule has 21 heavy (non-hydrogen) atoms. The number of aromatic nitrogens is 2. The number of ether oxygens (including phenoxy) is 1. The summed E-state index contributed by atoms with van der Waals surface area (Å²) in [6.07, 6.45) is 1.75. The summed E-state index contributed by atoms with van der Waals surface area (Å²) in [6, 6.07) is 10.4. The molecule has 0 aliphatic carbocycles. The number of hydrogen-bond acceptors (Lipinski definition) is 2. The Balaban J connectivity index is 1.91. The van der Waals surface area contributed by atoms with Crippen LogP contribution in [0.4, 0.5) is 4.39 Å². The van der Waals surface area contributed by atoms with Crippen molar-refractivity contribution in [1.29, 1.82) is 0 Å². The minimum Gasteiger partial charge on any atom is -0.471 e. The lowest BCUT2D eigenvalue weighted by Crippen LogP contribution is -2.02. The topological polar surface area (TPSA) is 27.1 Å². The van der Waals surface area contributed by atoms with Gasteiger partial charge in [-0.2, -0.15) is 0 Å². The summed E-state index contributed by atoms with van der Waals surface area (Å²) in [5.41, 5.74) is 3.12. The summed E-state index contributed by atoms with van der Waals surface area (Å²) in [7, 11) is 0. The average molecular weight is 284 g/mol. The van der Waals surface area contributed by atoms with Crippen molar-refractivity contribution < 1.29 is 9.13 Å². The third kappa shape index (κ3) is 2.61. The molecule has 0 fully saturated rings. The minimum absolute atomic E-state index is 0.241. The molecule has 2 aromatic heterocycles. The molecule has 3 rings (SSSR count). The van der Waals surface area contributed by atoms with Crippen LogP contribution >= 0.6 is 0 Å². The SMILES string of the molecule is CCn1c(C)cc2ccnc(OCc3ccc(F)cc3)c21. The molecule has 0 atom stereocenters. The molecule has 2 heterocycles. The Morgan fingerprint density at radius 2 is 1.95 bits per heavy atom. The van der Waals surface area contributed by atoms with Crippen LogP contribution in [0, 0.1) is 12.7 Å². The predicted octanol–water partition coefficient (Wildman–Crippen LogP) is 4.08. The smallest absolute Gasteiger partial charge is 0.238 e. The highest BCUT2D eigenvalue weighted by Gasteiger charge is 2.11. The number of halogens is 1. The van der Waals surface area contributed by atoms with Gasteiger partial charge in [-0.3, -0.25) is 0 Å². The van der Waals surface area contributed by atoms with E-state index < -0.39 is 0 Å². The molecule has 0 bridgehead atoms. The van der Waals surface area contributed by atoms with Crippen LogP contribution in [-0.2, 0) is 13.2 Å². The van der Waals surface area contributed by atoms with Gasteiger partial charge >= 0.3 is 0 Å². The molecule has 0 saturated carbocycles. The number of pyridine rings is 1. The first-order chi connectivity index (χ1) is 10.2. The highest BCUT2D eigenvalue weighted by molar-refractivity contribution is 5.85. The van der Waals surface area contributed by atoms with Crippen LogP contribution < -0.4 is 4.74 Å². The van der Waals surface area contributed by atoms with Crippen LogP contribution in [0.15, 0.2) is 42.6 Å². The average Bonchev–Trinajstić information content (AvgIpc) is 2.82. The molecule has 1 aromatic carbocycles.